The minimum atomic E-state index is -0.978. The van der Waals surface area contributed by atoms with Gasteiger partial charge in [0.25, 0.3) is 0 Å². The van der Waals surface area contributed by atoms with Gasteiger partial charge in [0, 0.05) is 25.8 Å². The van der Waals surface area contributed by atoms with E-state index in [0.717, 1.165) is 22.4 Å². The summed E-state index contributed by atoms with van der Waals surface area (Å²) in [4.78, 5) is 22.9. The topological polar surface area (TPSA) is 96.9 Å². The van der Waals surface area contributed by atoms with Gasteiger partial charge >= 0.3 is 12.0 Å². The van der Waals surface area contributed by atoms with E-state index in [1.54, 1.807) is 19.2 Å². The molecule has 0 unspecified atom stereocenters. The number of urea groups is 1. The summed E-state index contributed by atoms with van der Waals surface area (Å²) in [5.41, 5.74) is 2.97. The number of carboxylic acid groups (broad SMARTS) is 1. The second-order valence-electron chi connectivity index (χ2n) is 5.99. The van der Waals surface area contributed by atoms with Crippen LogP contribution in [-0.2, 0) is 17.8 Å². The SMILES string of the molecule is COCCOc1cc(C)ccc1CNC(=O)NCc1ccc(C(=O)O)cc1. The van der Waals surface area contributed by atoms with Crippen molar-refractivity contribution in [1.82, 2.24) is 10.6 Å². The Morgan fingerprint density at radius 1 is 1.00 bits per heavy atom. The largest absolute Gasteiger partial charge is 0.491 e. The zero-order valence-corrected chi connectivity index (χ0v) is 15.5. The Labute approximate surface area is 158 Å². The van der Waals surface area contributed by atoms with E-state index < -0.39 is 5.97 Å². The molecule has 0 bridgehead atoms. The lowest BCUT2D eigenvalue weighted by Crippen LogP contribution is -2.34. The first-order valence-electron chi connectivity index (χ1n) is 8.55. The van der Waals surface area contributed by atoms with E-state index in [1.807, 2.05) is 25.1 Å². The Morgan fingerprint density at radius 2 is 1.70 bits per heavy atom. The van der Waals surface area contributed by atoms with Gasteiger partial charge in [-0.05, 0) is 36.2 Å². The van der Waals surface area contributed by atoms with Gasteiger partial charge in [-0.2, -0.15) is 0 Å². The zero-order valence-electron chi connectivity index (χ0n) is 15.5. The van der Waals surface area contributed by atoms with Crippen molar-refractivity contribution in [2.45, 2.75) is 20.0 Å². The lowest BCUT2D eigenvalue weighted by atomic mass is 10.1. The molecule has 0 radical (unpaired) electrons. The molecule has 144 valence electrons. The Balaban J connectivity index is 1.85. The molecule has 0 aliphatic carbocycles. The maximum atomic E-state index is 12.0. The number of rotatable bonds is 9. The lowest BCUT2D eigenvalue weighted by Gasteiger charge is -2.13. The van der Waals surface area contributed by atoms with Crippen LogP contribution >= 0.6 is 0 Å². The third-order valence-corrected chi connectivity index (χ3v) is 3.86. The van der Waals surface area contributed by atoms with Gasteiger partial charge in [-0.25, -0.2) is 9.59 Å². The lowest BCUT2D eigenvalue weighted by molar-refractivity contribution is 0.0697. The first kappa shape index (κ1) is 20.3. The van der Waals surface area contributed by atoms with Crippen LogP contribution in [0.4, 0.5) is 4.79 Å². The molecule has 0 aliphatic heterocycles. The van der Waals surface area contributed by atoms with E-state index in [9.17, 15) is 9.59 Å². The van der Waals surface area contributed by atoms with Crippen LogP contribution in [0.5, 0.6) is 5.75 Å². The van der Waals surface area contributed by atoms with Crippen molar-refractivity contribution in [1.29, 1.82) is 0 Å². The zero-order chi connectivity index (χ0) is 19.6. The van der Waals surface area contributed by atoms with E-state index in [4.69, 9.17) is 14.6 Å². The fraction of sp³-hybridized carbons (Fsp3) is 0.300. The van der Waals surface area contributed by atoms with Crippen LogP contribution in [0.3, 0.4) is 0 Å². The second-order valence-corrected chi connectivity index (χ2v) is 5.99. The van der Waals surface area contributed by atoms with Gasteiger partial charge in [-0.1, -0.05) is 24.3 Å². The summed E-state index contributed by atoms with van der Waals surface area (Å²) in [5.74, 6) is -0.259. The minimum absolute atomic E-state index is 0.212. The predicted molar refractivity (Wildman–Crippen MR) is 101 cm³/mol. The fourth-order valence-corrected chi connectivity index (χ4v) is 2.36. The molecule has 2 amide bonds. The minimum Gasteiger partial charge on any atom is -0.491 e. The van der Waals surface area contributed by atoms with E-state index in [0.29, 0.717) is 26.3 Å². The number of carbonyl (C=O) groups excluding carboxylic acids is 1. The number of benzene rings is 2. The summed E-state index contributed by atoms with van der Waals surface area (Å²) in [7, 11) is 1.61. The highest BCUT2D eigenvalue weighted by atomic mass is 16.5. The number of ether oxygens (including phenoxy) is 2. The molecule has 2 aromatic rings. The highest BCUT2D eigenvalue weighted by molar-refractivity contribution is 5.87. The van der Waals surface area contributed by atoms with Crippen LogP contribution in [0.15, 0.2) is 42.5 Å². The first-order chi connectivity index (χ1) is 13.0. The number of carbonyl (C=O) groups is 2. The Morgan fingerprint density at radius 3 is 2.37 bits per heavy atom. The highest BCUT2D eigenvalue weighted by Crippen LogP contribution is 2.20. The Kier molecular flexibility index (Phi) is 7.63. The monoisotopic (exact) mass is 372 g/mol. The van der Waals surface area contributed by atoms with Crippen molar-refractivity contribution < 1.29 is 24.2 Å². The van der Waals surface area contributed by atoms with E-state index in [2.05, 4.69) is 10.6 Å². The van der Waals surface area contributed by atoms with Crippen molar-refractivity contribution in [2.24, 2.45) is 0 Å². The first-order valence-corrected chi connectivity index (χ1v) is 8.55. The molecular weight excluding hydrogens is 348 g/mol. The number of methoxy groups -OCH3 is 1. The summed E-state index contributed by atoms with van der Waals surface area (Å²) < 4.78 is 10.7. The molecule has 0 fully saturated rings. The van der Waals surface area contributed by atoms with Crippen LogP contribution in [0.2, 0.25) is 0 Å². The number of carboxylic acids is 1. The van der Waals surface area contributed by atoms with Gasteiger partial charge in [0.1, 0.15) is 12.4 Å². The summed E-state index contributed by atoms with van der Waals surface area (Å²) in [5, 5.41) is 14.4. The van der Waals surface area contributed by atoms with Crippen LogP contribution in [-0.4, -0.2) is 37.4 Å². The number of amides is 2. The number of aromatic carboxylic acids is 1. The molecule has 27 heavy (non-hydrogen) atoms. The molecule has 0 saturated carbocycles. The summed E-state index contributed by atoms with van der Waals surface area (Å²) in [6.07, 6.45) is 0. The molecule has 0 spiro atoms. The van der Waals surface area contributed by atoms with Crippen LogP contribution in [0.1, 0.15) is 27.0 Å². The number of nitrogens with one attached hydrogen (secondary N) is 2. The van der Waals surface area contributed by atoms with Crippen LogP contribution in [0.25, 0.3) is 0 Å². The average Bonchev–Trinajstić information content (AvgIpc) is 2.66. The fourth-order valence-electron chi connectivity index (χ4n) is 2.36. The predicted octanol–water partition coefficient (Wildman–Crippen LogP) is 2.72. The maximum absolute atomic E-state index is 12.0. The molecule has 0 heterocycles. The highest BCUT2D eigenvalue weighted by Gasteiger charge is 2.07. The smallest absolute Gasteiger partial charge is 0.335 e. The molecule has 0 aliphatic rings. The maximum Gasteiger partial charge on any atom is 0.335 e. The Hall–Kier alpha value is -3.06. The van der Waals surface area contributed by atoms with Gasteiger partial charge in [-0.3, -0.25) is 0 Å². The van der Waals surface area contributed by atoms with E-state index in [-0.39, 0.29) is 11.6 Å². The molecule has 0 atom stereocenters. The van der Waals surface area contributed by atoms with Crippen molar-refractivity contribution in [3.05, 3.63) is 64.7 Å². The standard InChI is InChI=1S/C20H24N2O5/c1-14-3-6-17(18(11-14)27-10-9-26-2)13-22-20(25)21-12-15-4-7-16(8-5-15)19(23)24/h3-8,11H,9-10,12-13H2,1-2H3,(H,23,24)(H2,21,22,25). The third-order valence-electron chi connectivity index (χ3n) is 3.86. The van der Waals surface area contributed by atoms with Gasteiger partial charge in [-0.15, -0.1) is 0 Å². The van der Waals surface area contributed by atoms with Gasteiger partial charge in [0.2, 0.25) is 0 Å². The van der Waals surface area contributed by atoms with Crippen molar-refractivity contribution >= 4 is 12.0 Å². The van der Waals surface area contributed by atoms with Crippen molar-refractivity contribution in [2.75, 3.05) is 20.3 Å². The van der Waals surface area contributed by atoms with E-state index >= 15 is 0 Å². The van der Waals surface area contributed by atoms with E-state index in [1.165, 1.54) is 12.1 Å². The summed E-state index contributed by atoms with van der Waals surface area (Å²) in [6.45, 7) is 3.53. The molecule has 7 heteroatoms. The molecule has 0 saturated heterocycles. The second kappa shape index (κ2) is 10.2. The Bertz CT molecular complexity index is 774. The molecule has 7 nitrogen and oxygen atoms in total. The average molecular weight is 372 g/mol. The van der Waals surface area contributed by atoms with Crippen molar-refractivity contribution in [3.8, 4) is 5.75 Å². The summed E-state index contributed by atoms with van der Waals surface area (Å²) >= 11 is 0. The molecule has 2 rings (SSSR count). The quantitative estimate of drug-likeness (QED) is 0.588. The number of hydrogen-bond donors (Lipinski definition) is 3. The van der Waals surface area contributed by atoms with Gasteiger partial charge < -0.3 is 25.2 Å². The molecule has 3 N–H and O–H groups in total. The molecule has 2 aromatic carbocycles. The van der Waals surface area contributed by atoms with Crippen LogP contribution < -0.4 is 15.4 Å². The van der Waals surface area contributed by atoms with Crippen LogP contribution in [0, 0.1) is 6.92 Å². The van der Waals surface area contributed by atoms with Gasteiger partial charge in [0.05, 0.1) is 12.2 Å². The summed E-state index contributed by atoms with van der Waals surface area (Å²) in [6, 6.07) is 11.8. The third kappa shape index (κ3) is 6.63. The molecule has 0 aromatic heterocycles. The molecular formula is C20H24N2O5. The number of hydrogen-bond acceptors (Lipinski definition) is 4. The number of aryl methyl sites for hydroxylation is 1. The van der Waals surface area contributed by atoms with Gasteiger partial charge in [0.15, 0.2) is 0 Å². The van der Waals surface area contributed by atoms with Crippen molar-refractivity contribution in [3.63, 3.8) is 0 Å². The normalized spacial score (nSPS) is 10.3.